The van der Waals surface area contributed by atoms with Crippen LogP contribution >= 0.6 is 23.5 Å². The summed E-state index contributed by atoms with van der Waals surface area (Å²) in [6.07, 6.45) is 2.79. The van der Waals surface area contributed by atoms with Crippen LogP contribution in [0.4, 0.5) is 0 Å². The lowest BCUT2D eigenvalue weighted by Gasteiger charge is -2.03. The fourth-order valence-corrected chi connectivity index (χ4v) is 3.48. The summed E-state index contributed by atoms with van der Waals surface area (Å²) in [5.74, 6) is 0. The molecule has 2 aromatic rings. The van der Waals surface area contributed by atoms with Crippen LogP contribution < -0.4 is 0 Å². The van der Waals surface area contributed by atoms with Gasteiger partial charge >= 0.3 is 0 Å². The monoisotopic (exact) mass is 258 g/mol. The minimum atomic E-state index is 0.891. The second kappa shape index (κ2) is 5.19. The first kappa shape index (κ1) is 11.2. The van der Waals surface area contributed by atoms with E-state index in [2.05, 4.69) is 54.6 Å². The molecule has 0 radical (unpaired) electrons. The molecule has 2 heteroatoms. The molecule has 1 saturated carbocycles. The lowest BCUT2D eigenvalue weighted by atomic mass is 10.4. The molecule has 86 valence electrons. The van der Waals surface area contributed by atoms with E-state index in [9.17, 15) is 0 Å². The summed E-state index contributed by atoms with van der Waals surface area (Å²) < 4.78 is 0. The first-order valence-electron chi connectivity index (χ1n) is 5.90. The maximum Gasteiger partial charge on any atom is 0.0123 e. The van der Waals surface area contributed by atoms with Gasteiger partial charge in [-0.15, -0.1) is 11.8 Å². The highest BCUT2D eigenvalue weighted by atomic mass is 32.2. The quantitative estimate of drug-likeness (QED) is 0.749. The van der Waals surface area contributed by atoms with Gasteiger partial charge in [0.15, 0.2) is 0 Å². The van der Waals surface area contributed by atoms with Gasteiger partial charge in [0.2, 0.25) is 0 Å². The lowest BCUT2D eigenvalue weighted by molar-refractivity contribution is 1.33. The van der Waals surface area contributed by atoms with Gasteiger partial charge in [-0.3, -0.25) is 0 Å². The van der Waals surface area contributed by atoms with E-state index in [-0.39, 0.29) is 0 Å². The molecule has 1 aliphatic rings. The molecule has 0 atom stereocenters. The van der Waals surface area contributed by atoms with Crippen LogP contribution in [0.1, 0.15) is 12.8 Å². The standard InChI is InChI=1S/C15H14S2/c1-2-4-12(5-3-1)16-13-6-8-14(9-7-13)17-15-10-11-15/h1-9,15H,10-11H2. The zero-order valence-corrected chi connectivity index (χ0v) is 11.1. The number of hydrogen-bond donors (Lipinski definition) is 0. The molecule has 2 aromatic carbocycles. The predicted octanol–water partition coefficient (Wildman–Crippen LogP) is 5.09. The Morgan fingerprint density at radius 2 is 1.29 bits per heavy atom. The van der Waals surface area contributed by atoms with Crippen molar-refractivity contribution >= 4 is 23.5 Å². The summed E-state index contributed by atoms with van der Waals surface area (Å²) in [5, 5.41) is 0.891. The molecule has 17 heavy (non-hydrogen) atoms. The molecule has 0 spiro atoms. The molecule has 0 aliphatic heterocycles. The number of benzene rings is 2. The molecular formula is C15H14S2. The Bertz CT molecular complexity index is 472. The summed E-state index contributed by atoms with van der Waals surface area (Å²) in [6, 6.07) is 19.5. The number of hydrogen-bond acceptors (Lipinski definition) is 2. The summed E-state index contributed by atoms with van der Waals surface area (Å²) in [4.78, 5) is 4.02. The molecule has 3 rings (SSSR count). The van der Waals surface area contributed by atoms with E-state index < -0.39 is 0 Å². The maximum absolute atomic E-state index is 2.24. The largest absolute Gasteiger partial charge is 0.123 e. The van der Waals surface area contributed by atoms with Crippen LogP contribution in [0.2, 0.25) is 0 Å². The molecule has 0 bridgehead atoms. The maximum atomic E-state index is 2.24. The van der Waals surface area contributed by atoms with Crippen molar-refractivity contribution in [3.05, 3.63) is 54.6 Å². The van der Waals surface area contributed by atoms with Gasteiger partial charge in [0.1, 0.15) is 0 Å². The third-order valence-corrected chi connectivity index (χ3v) is 4.99. The van der Waals surface area contributed by atoms with Crippen LogP contribution in [0, 0.1) is 0 Å². The highest BCUT2D eigenvalue weighted by Gasteiger charge is 2.22. The van der Waals surface area contributed by atoms with Gasteiger partial charge in [-0.2, -0.15) is 0 Å². The van der Waals surface area contributed by atoms with E-state index in [0.717, 1.165) is 5.25 Å². The van der Waals surface area contributed by atoms with Crippen molar-refractivity contribution in [2.24, 2.45) is 0 Å². The van der Waals surface area contributed by atoms with E-state index in [1.54, 1.807) is 0 Å². The van der Waals surface area contributed by atoms with Crippen LogP contribution in [0.25, 0.3) is 0 Å². The van der Waals surface area contributed by atoms with E-state index in [1.807, 2.05) is 23.5 Å². The summed E-state index contributed by atoms with van der Waals surface area (Å²) in [6.45, 7) is 0. The molecular weight excluding hydrogens is 244 g/mol. The number of thioether (sulfide) groups is 1. The van der Waals surface area contributed by atoms with Crippen molar-refractivity contribution in [3.8, 4) is 0 Å². The van der Waals surface area contributed by atoms with Crippen molar-refractivity contribution in [2.75, 3.05) is 0 Å². The van der Waals surface area contributed by atoms with Crippen LogP contribution in [0.5, 0.6) is 0 Å². The molecule has 1 fully saturated rings. The first-order valence-corrected chi connectivity index (χ1v) is 7.59. The van der Waals surface area contributed by atoms with E-state index in [0.29, 0.717) is 0 Å². The molecule has 0 N–H and O–H groups in total. The molecule has 0 heterocycles. The Hall–Kier alpha value is -0.860. The zero-order chi connectivity index (χ0) is 11.5. The molecule has 0 saturated heterocycles. The van der Waals surface area contributed by atoms with Gasteiger partial charge in [0.25, 0.3) is 0 Å². The number of rotatable bonds is 4. The molecule has 0 amide bonds. The van der Waals surface area contributed by atoms with Gasteiger partial charge in [-0.1, -0.05) is 30.0 Å². The van der Waals surface area contributed by atoms with Crippen LogP contribution in [0.15, 0.2) is 69.3 Å². The minimum absolute atomic E-state index is 0.891. The highest BCUT2D eigenvalue weighted by Crippen LogP contribution is 2.39. The van der Waals surface area contributed by atoms with Gasteiger partial charge < -0.3 is 0 Å². The van der Waals surface area contributed by atoms with Gasteiger partial charge in [0.05, 0.1) is 0 Å². The van der Waals surface area contributed by atoms with Crippen molar-refractivity contribution in [1.29, 1.82) is 0 Å². The zero-order valence-electron chi connectivity index (χ0n) is 9.50. The fraction of sp³-hybridized carbons (Fsp3) is 0.200. The van der Waals surface area contributed by atoms with Gasteiger partial charge in [-0.05, 0) is 49.2 Å². The van der Waals surface area contributed by atoms with E-state index in [1.165, 1.54) is 27.5 Å². The molecule has 0 aromatic heterocycles. The van der Waals surface area contributed by atoms with Gasteiger partial charge in [-0.25, -0.2) is 0 Å². The minimum Gasteiger partial charge on any atom is -0.123 e. The third kappa shape index (κ3) is 3.30. The van der Waals surface area contributed by atoms with Crippen molar-refractivity contribution in [2.45, 2.75) is 32.8 Å². The summed E-state index contributed by atoms with van der Waals surface area (Å²) in [7, 11) is 0. The molecule has 1 aliphatic carbocycles. The first-order chi connectivity index (χ1) is 8.40. The smallest absolute Gasteiger partial charge is 0.0123 e. The second-order valence-corrected chi connectivity index (χ2v) is 6.72. The van der Waals surface area contributed by atoms with Gasteiger partial charge in [0, 0.05) is 19.9 Å². The molecule has 0 unspecified atom stereocenters. The van der Waals surface area contributed by atoms with Crippen molar-refractivity contribution in [3.63, 3.8) is 0 Å². The van der Waals surface area contributed by atoms with E-state index in [4.69, 9.17) is 0 Å². The Balaban J connectivity index is 1.67. The SMILES string of the molecule is c1ccc(Sc2ccc(SC3CC3)cc2)cc1. The average molecular weight is 258 g/mol. The normalized spacial score (nSPS) is 14.8. The fourth-order valence-electron chi connectivity index (χ4n) is 1.59. The Morgan fingerprint density at radius 1 is 0.706 bits per heavy atom. The van der Waals surface area contributed by atoms with Crippen LogP contribution in [-0.2, 0) is 0 Å². The average Bonchev–Trinajstić information content (AvgIpc) is 3.17. The van der Waals surface area contributed by atoms with Crippen LogP contribution in [-0.4, -0.2) is 5.25 Å². The molecule has 0 nitrogen and oxygen atoms in total. The second-order valence-electron chi connectivity index (χ2n) is 4.20. The van der Waals surface area contributed by atoms with Crippen LogP contribution in [0.3, 0.4) is 0 Å². The third-order valence-electron chi connectivity index (χ3n) is 2.63. The predicted molar refractivity (Wildman–Crippen MR) is 75.9 cm³/mol. The summed E-state index contributed by atoms with van der Waals surface area (Å²) >= 11 is 3.84. The van der Waals surface area contributed by atoms with Crippen molar-refractivity contribution in [1.82, 2.24) is 0 Å². The van der Waals surface area contributed by atoms with E-state index >= 15 is 0 Å². The lowest BCUT2D eigenvalue weighted by Crippen LogP contribution is -1.76. The topological polar surface area (TPSA) is 0 Å². The van der Waals surface area contributed by atoms with Crippen molar-refractivity contribution < 1.29 is 0 Å². The Labute approximate surface area is 111 Å². The summed E-state index contributed by atoms with van der Waals surface area (Å²) in [5.41, 5.74) is 0. The highest BCUT2D eigenvalue weighted by molar-refractivity contribution is 8.00. The Kier molecular flexibility index (Phi) is 3.44. The Morgan fingerprint density at radius 3 is 1.94 bits per heavy atom.